The molecule has 0 aromatic heterocycles. The first-order chi connectivity index (χ1) is 10.9. The number of benzene rings is 1. The maximum absolute atomic E-state index is 13.7. The van der Waals surface area contributed by atoms with Gasteiger partial charge in [0.2, 0.25) is 15.9 Å². The summed E-state index contributed by atoms with van der Waals surface area (Å²) in [7, 11) is -2.29. The van der Waals surface area contributed by atoms with Crippen molar-refractivity contribution in [1.82, 2.24) is 14.5 Å². The van der Waals surface area contributed by atoms with Gasteiger partial charge in [-0.1, -0.05) is 0 Å². The van der Waals surface area contributed by atoms with Gasteiger partial charge >= 0.3 is 0 Å². The number of halogens is 3. The Morgan fingerprint density at radius 3 is 2.38 bits per heavy atom. The van der Waals surface area contributed by atoms with E-state index in [1.165, 1.54) is 0 Å². The van der Waals surface area contributed by atoms with Crippen LogP contribution in [-0.2, 0) is 14.8 Å². The largest absolute Gasteiger partial charge is 0.340 e. The molecule has 0 spiro atoms. The van der Waals surface area contributed by atoms with Gasteiger partial charge in [-0.3, -0.25) is 4.79 Å². The Morgan fingerprint density at radius 1 is 1.21 bits per heavy atom. The molecule has 0 unspecified atom stereocenters. The number of sulfonamides is 1. The molecule has 1 saturated heterocycles. The third-order valence-electron chi connectivity index (χ3n) is 3.69. The van der Waals surface area contributed by atoms with Gasteiger partial charge in [0.1, 0.15) is 16.5 Å². The van der Waals surface area contributed by atoms with Crippen LogP contribution in [0.15, 0.2) is 23.1 Å². The van der Waals surface area contributed by atoms with E-state index in [0.717, 1.165) is 16.4 Å². The standard InChI is InChI=1S/C14H19F2N3O3S.ClH/c1-17-5-4-14(20)18-6-8-19(9-7-18)23(21,22)13-3-2-11(15)10-12(13)16;/h2-3,10,17H,4-9H2,1H3;1H. The average molecular weight is 384 g/mol. The smallest absolute Gasteiger partial charge is 0.246 e. The van der Waals surface area contributed by atoms with E-state index in [1.807, 2.05) is 0 Å². The highest BCUT2D eigenvalue weighted by atomic mass is 35.5. The second-order valence-corrected chi connectivity index (χ2v) is 7.12. The summed E-state index contributed by atoms with van der Waals surface area (Å²) >= 11 is 0. The molecule has 1 aromatic carbocycles. The van der Waals surface area contributed by atoms with Gasteiger partial charge in [-0.05, 0) is 19.2 Å². The zero-order chi connectivity index (χ0) is 17.0. The Bertz CT molecular complexity index is 680. The number of carbonyl (C=O) groups excluding carboxylic acids is 1. The normalized spacial score (nSPS) is 15.9. The topological polar surface area (TPSA) is 69.7 Å². The lowest BCUT2D eigenvalue weighted by Crippen LogP contribution is -2.50. The first kappa shape index (κ1) is 20.8. The minimum absolute atomic E-state index is 0. The van der Waals surface area contributed by atoms with Crippen LogP contribution in [0.2, 0.25) is 0 Å². The van der Waals surface area contributed by atoms with E-state index in [1.54, 1.807) is 11.9 Å². The number of nitrogens with one attached hydrogen (secondary N) is 1. The molecule has 1 N–H and O–H groups in total. The molecule has 0 aliphatic carbocycles. The van der Waals surface area contributed by atoms with Crippen LogP contribution >= 0.6 is 12.4 Å². The molecule has 1 fully saturated rings. The summed E-state index contributed by atoms with van der Waals surface area (Å²) in [5, 5.41) is 2.88. The second-order valence-electron chi connectivity index (χ2n) is 5.21. The summed E-state index contributed by atoms with van der Waals surface area (Å²) in [6.07, 6.45) is 0.343. The Morgan fingerprint density at radius 2 is 1.83 bits per heavy atom. The maximum Gasteiger partial charge on any atom is 0.246 e. The van der Waals surface area contributed by atoms with Gasteiger partial charge in [0.15, 0.2) is 0 Å². The predicted octanol–water partition coefficient (Wildman–Crippen LogP) is 0.829. The van der Waals surface area contributed by atoms with Gasteiger partial charge in [0.25, 0.3) is 0 Å². The van der Waals surface area contributed by atoms with Crippen molar-refractivity contribution in [3.05, 3.63) is 29.8 Å². The van der Waals surface area contributed by atoms with Crippen molar-refractivity contribution in [3.8, 4) is 0 Å². The molecule has 24 heavy (non-hydrogen) atoms. The fourth-order valence-corrected chi connectivity index (χ4v) is 3.86. The molecule has 1 aliphatic rings. The van der Waals surface area contributed by atoms with Gasteiger partial charge in [-0.2, -0.15) is 4.31 Å². The van der Waals surface area contributed by atoms with Crippen LogP contribution < -0.4 is 5.32 Å². The lowest BCUT2D eigenvalue weighted by Gasteiger charge is -2.34. The third-order valence-corrected chi connectivity index (χ3v) is 5.62. The molecule has 2 rings (SSSR count). The van der Waals surface area contributed by atoms with Gasteiger partial charge in [0.05, 0.1) is 0 Å². The van der Waals surface area contributed by atoms with Crippen LogP contribution in [0.5, 0.6) is 0 Å². The highest BCUT2D eigenvalue weighted by molar-refractivity contribution is 7.89. The van der Waals surface area contributed by atoms with Crippen LogP contribution in [0.4, 0.5) is 8.78 Å². The van der Waals surface area contributed by atoms with Gasteiger partial charge in [-0.15, -0.1) is 12.4 Å². The van der Waals surface area contributed by atoms with E-state index < -0.39 is 26.6 Å². The third kappa shape index (κ3) is 4.62. The summed E-state index contributed by atoms with van der Waals surface area (Å²) in [6, 6.07) is 2.38. The van der Waals surface area contributed by atoms with E-state index in [2.05, 4.69) is 5.32 Å². The lowest BCUT2D eigenvalue weighted by molar-refractivity contribution is -0.132. The molecular weight excluding hydrogens is 364 g/mol. The van der Waals surface area contributed by atoms with Crippen molar-refractivity contribution >= 4 is 28.3 Å². The Labute approximate surface area is 146 Å². The van der Waals surface area contributed by atoms with Crippen LogP contribution in [-0.4, -0.2) is 63.3 Å². The van der Waals surface area contributed by atoms with Crippen molar-refractivity contribution in [2.24, 2.45) is 0 Å². The molecule has 6 nitrogen and oxygen atoms in total. The Hall–Kier alpha value is -1.29. The lowest BCUT2D eigenvalue weighted by atomic mass is 10.3. The fraction of sp³-hybridized carbons (Fsp3) is 0.500. The maximum atomic E-state index is 13.7. The SMILES string of the molecule is CNCCC(=O)N1CCN(S(=O)(=O)c2ccc(F)cc2F)CC1.Cl. The summed E-state index contributed by atoms with van der Waals surface area (Å²) < 4.78 is 52.6. The summed E-state index contributed by atoms with van der Waals surface area (Å²) in [5.41, 5.74) is 0. The Balaban J connectivity index is 0.00000288. The first-order valence-corrected chi connectivity index (χ1v) is 8.68. The zero-order valence-corrected chi connectivity index (χ0v) is 14.8. The molecule has 1 aliphatic heterocycles. The quantitative estimate of drug-likeness (QED) is 0.817. The summed E-state index contributed by atoms with van der Waals surface area (Å²) in [4.78, 5) is 12.9. The van der Waals surface area contributed by atoms with Gasteiger partial charge in [0, 0.05) is 45.2 Å². The van der Waals surface area contributed by atoms with Crippen LogP contribution in [0, 0.1) is 11.6 Å². The van der Waals surface area contributed by atoms with Crippen molar-refractivity contribution in [3.63, 3.8) is 0 Å². The number of hydrogen-bond donors (Lipinski definition) is 1. The summed E-state index contributed by atoms with van der Waals surface area (Å²) in [6.45, 7) is 1.24. The van der Waals surface area contributed by atoms with Crippen LogP contribution in [0.1, 0.15) is 6.42 Å². The second kappa shape index (κ2) is 8.70. The first-order valence-electron chi connectivity index (χ1n) is 7.24. The highest BCUT2D eigenvalue weighted by Gasteiger charge is 2.31. The fourth-order valence-electron chi connectivity index (χ4n) is 2.39. The molecule has 1 heterocycles. The van der Waals surface area contributed by atoms with E-state index in [4.69, 9.17) is 0 Å². The molecule has 0 atom stereocenters. The van der Waals surface area contributed by atoms with E-state index in [-0.39, 0.29) is 44.5 Å². The molecule has 10 heteroatoms. The molecular formula is C14H20ClF2N3O3S. The number of carbonyl (C=O) groups is 1. The van der Waals surface area contributed by atoms with Crippen molar-refractivity contribution in [1.29, 1.82) is 0 Å². The number of amides is 1. The number of nitrogens with zero attached hydrogens (tertiary/aromatic N) is 2. The molecule has 0 saturated carbocycles. The zero-order valence-electron chi connectivity index (χ0n) is 13.2. The van der Waals surface area contributed by atoms with E-state index >= 15 is 0 Å². The minimum atomic E-state index is -4.03. The number of piperazine rings is 1. The number of rotatable bonds is 5. The van der Waals surface area contributed by atoms with Crippen molar-refractivity contribution in [2.75, 3.05) is 39.8 Å². The van der Waals surface area contributed by atoms with Crippen LogP contribution in [0.25, 0.3) is 0 Å². The predicted molar refractivity (Wildman–Crippen MR) is 87.5 cm³/mol. The summed E-state index contributed by atoms with van der Waals surface area (Å²) in [5.74, 6) is -2.00. The molecule has 1 aromatic rings. The molecule has 0 radical (unpaired) electrons. The minimum Gasteiger partial charge on any atom is -0.340 e. The van der Waals surface area contributed by atoms with E-state index in [9.17, 15) is 22.0 Å². The van der Waals surface area contributed by atoms with Crippen molar-refractivity contribution in [2.45, 2.75) is 11.3 Å². The highest BCUT2D eigenvalue weighted by Crippen LogP contribution is 2.21. The van der Waals surface area contributed by atoms with Gasteiger partial charge < -0.3 is 10.2 Å². The van der Waals surface area contributed by atoms with Crippen LogP contribution in [0.3, 0.4) is 0 Å². The molecule has 0 bridgehead atoms. The molecule has 136 valence electrons. The van der Waals surface area contributed by atoms with Crippen molar-refractivity contribution < 1.29 is 22.0 Å². The Kier molecular flexibility index (Phi) is 7.53. The monoisotopic (exact) mass is 383 g/mol. The number of hydrogen-bond acceptors (Lipinski definition) is 4. The molecule has 1 amide bonds. The van der Waals surface area contributed by atoms with E-state index in [0.29, 0.717) is 19.0 Å². The van der Waals surface area contributed by atoms with Gasteiger partial charge in [-0.25, -0.2) is 17.2 Å². The average Bonchev–Trinajstić information content (AvgIpc) is 2.52.